The highest BCUT2D eigenvalue weighted by Crippen LogP contribution is 2.38. The summed E-state index contributed by atoms with van der Waals surface area (Å²) in [6.07, 6.45) is 1.17. The first-order valence-electron chi connectivity index (χ1n) is 10.5. The quantitative estimate of drug-likeness (QED) is 0.743. The van der Waals surface area contributed by atoms with Gasteiger partial charge in [-0.2, -0.15) is 0 Å². The van der Waals surface area contributed by atoms with Crippen molar-refractivity contribution < 1.29 is 13.9 Å². The van der Waals surface area contributed by atoms with Gasteiger partial charge in [-0.1, -0.05) is 25.4 Å². The lowest BCUT2D eigenvalue weighted by atomic mass is 9.92. The molecule has 1 aromatic heterocycles. The number of hydrogen-bond donors (Lipinski definition) is 1. The third-order valence-corrected chi connectivity index (χ3v) is 6.23. The lowest BCUT2D eigenvalue weighted by Gasteiger charge is -2.36. The van der Waals surface area contributed by atoms with Crippen molar-refractivity contribution in [2.75, 3.05) is 32.8 Å². The maximum Gasteiger partial charge on any atom is 0.410 e. The first-order chi connectivity index (χ1) is 13.9. The van der Waals surface area contributed by atoms with Crippen LogP contribution in [0.5, 0.6) is 0 Å². The number of H-pyrrole nitrogens is 1. The van der Waals surface area contributed by atoms with E-state index in [0.717, 1.165) is 41.0 Å². The Labute approximate surface area is 176 Å². The normalized spacial score (nSPS) is 22.4. The van der Waals surface area contributed by atoms with Gasteiger partial charge in [-0.05, 0) is 48.9 Å². The molecule has 0 spiro atoms. The van der Waals surface area contributed by atoms with E-state index in [0.29, 0.717) is 38.6 Å². The van der Waals surface area contributed by atoms with E-state index in [2.05, 4.69) is 18.8 Å². The Balaban J connectivity index is 1.49. The van der Waals surface area contributed by atoms with E-state index in [1.54, 1.807) is 0 Å². The number of halogens is 2. The molecule has 0 aliphatic carbocycles. The zero-order valence-electron chi connectivity index (χ0n) is 17.1. The van der Waals surface area contributed by atoms with Crippen LogP contribution in [0.25, 0.3) is 10.9 Å². The summed E-state index contributed by atoms with van der Waals surface area (Å²) in [5.41, 5.74) is 3.40. The van der Waals surface area contributed by atoms with Crippen molar-refractivity contribution in [3.63, 3.8) is 0 Å². The van der Waals surface area contributed by atoms with Crippen LogP contribution in [0, 0.1) is 5.92 Å². The van der Waals surface area contributed by atoms with Gasteiger partial charge in [-0.3, -0.25) is 9.80 Å². The second-order valence-electron chi connectivity index (χ2n) is 8.60. The Bertz CT molecular complexity index is 884. The molecule has 0 unspecified atom stereocenters. The second kappa shape index (κ2) is 8.52. The molecule has 0 saturated carbocycles. The minimum absolute atomic E-state index is 0.0422. The van der Waals surface area contributed by atoms with Gasteiger partial charge in [0.15, 0.2) is 0 Å². The van der Waals surface area contributed by atoms with Crippen LogP contribution in [0.3, 0.4) is 0 Å². The topological polar surface area (TPSA) is 48.6 Å². The van der Waals surface area contributed by atoms with Gasteiger partial charge in [0.05, 0.1) is 6.04 Å². The Morgan fingerprint density at radius 3 is 2.93 bits per heavy atom. The number of fused-ring (bicyclic) bond motifs is 3. The van der Waals surface area contributed by atoms with E-state index in [1.165, 1.54) is 5.56 Å². The number of carbonyl (C=O) groups excluding carboxylic acids is 1. The Morgan fingerprint density at radius 1 is 1.38 bits per heavy atom. The standard InChI is InChI=1S/C22H29ClFN3O2/c1-14(2)11-20-21-17(18-12-15(23)3-4-19(18)25-21)6-8-27(20)22(28)29-10-9-26-7-5-16(24)13-26/h3-4,12,14,16,20,25H,5-11,13H2,1-2H3/t16-,20-/m0/s1. The van der Waals surface area contributed by atoms with Crippen molar-refractivity contribution in [3.8, 4) is 0 Å². The molecule has 5 nitrogen and oxygen atoms in total. The van der Waals surface area contributed by atoms with Crippen LogP contribution in [-0.2, 0) is 11.2 Å². The number of amides is 1. The average molecular weight is 422 g/mol. The molecule has 0 bridgehead atoms. The van der Waals surface area contributed by atoms with Crippen LogP contribution < -0.4 is 0 Å². The van der Waals surface area contributed by atoms with E-state index in [-0.39, 0.29) is 12.1 Å². The second-order valence-corrected chi connectivity index (χ2v) is 9.03. The fraction of sp³-hybridized carbons (Fsp3) is 0.591. The number of carbonyl (C=O) groups is 1. The molecule has 1 amide bonds. The van der Waals surface area contributed by atoms with E-state index >= 15 is 0 Å². The Hall–Kier alpha value is -1.79. The predicted molar refractivity (Wildman–Crippen MR) is 113 cm³/mol. The molecule has 1 aromatic carbocycles. The summed E-state index contributed by atoms with van der Waals surface area (Å²) >= 11 is 6.21. The van der Waals surface area contributed by atoms with Gasteiger partial charge in [0.25, 0.3) is 0 Å². The van der Waals surface area contributed by atoms with Crippen LogP contribution >= 0.6 is 11.6 Å². The molecule has 158 valence electrons. The summed E-state index contributed by atoms with van der Waals surface area (Å²) < 4.78 is 18.9. The number of hydrogen-bond acceptors (Lipinski definition) is 3. The monoisotopic (exact) mass is 421 g/mol. The summed E-state index contributed by atoms with van der Waals surface area (Å²) in [5.74, 6) is 0.433. The van der Waals surface area contributed by atoms with Crippen molar-refractivity contribution >= 4 is 28.6 Å². The van der Waals surface area contributed by atoms with Crippen LogP contribution in [-0.4, -0.2) is 59.8 Å². The minimum atomic E-state index is -0.753. The number of aromatic nitrogens is 1. The number of rotatable bonds is 5. The molecule has 7 heteroatoms. The van der Waals surface area contributed by atoms with Gasteiger partial charge in [0.1, 0.15) is 12.8 Å². The van der Waals surface area contributed by atoms with E-state index in [1.807, 2.05) is 28.0 Å². The van der Waals surface area contributed by atoms with Gasteiger partial charge in [0.2, 0.25) is 0 Å². The molecule has 0 radical (unpaired) electrons. The molecule has 1 N–H and O–H groups in total. The lowest BCUT2D eigenvalue weighted by Crippen LogP contribution is -2.41. The number of ether oxygens (including phenoxy) is 1. The first-order valence-corrected chi connectivity index (χ1v) is 10.9. The molecule has 29 heavy (non-hydrogen) atoms. The fourth-order valence-electron chi connectivity index (χ4n) is 4.58. The van der Waals surface area contributed by atoms with E-state index in [9.17, 15) is 9.18 Å². The third kappa shape index (κ3) is 4.38. The van der Waals surface area contributed by atoms with Crippen molar-refractivity contribution in [2.24, 2.45) is 5.92 Å². The van der Waals surface area contributed by atoms with Crippen LogP contribution in [0.15, 0.2) is 18.2 Å². The van der Waals surface area contributed by atoms with Crippen molar-refractivity contribution in [3.05, 3.63) is 34.5 Å². The highest BCUT2D eigenvalue weighted by Gasteiger charge is 2.34. The minimum Gasteiger partial charge on any atom is -0.448 e. The maximum absolute atomic E-state index is 13.3. The summed E-state index contributed by atoms with van der Waals surface area (Å²) in [6.45, 7) is 7.02. The highest BCUT2D eigenvalue weighted by atomic mass is 35.5. The molecular formula is C22H29ClFN3O2. The molecule has 4 rings (SSSR count). The molecule has 2 aliphatic rings. The number of benzene rings is 1. The molecule has 2 aliphatic heterocycles. The van der Waals surface area contributed by atoms with Gasteiger partial charge in [-0.25, -0.2) is 9.18 Å². The average Bonchev–Trinajstić information content (AvgIpc) is 3.25. The van der Waals surface area contributed by atoms with Gasteiger partial charge >= 0.3 is 6.09 Å². The SMILES string of the molecule is CC(C)C[C@H]1c2[nH]c3ccc(Cl)cc3c2CCN1C(=O)OCCN1CC[C@H](F)C1. The van der Waals surface area contributed by atoms with Crippen molar-refractivity contribution in [1.29, 1.82) is 0 Å². The molecule has 2 atom stereocenters. The maximum atomic E-state index is 13.3. The van der Waals surface area contributed by atoms with E-state index in [4.69, 9.17) is 16.3 Å². The van der Waals surface area contributed by atoms with Gasteiger partial charge in [0, 0.05) is 47.8 Å². The summed E-state index contributed by atoms with van der Waals surface area (Å²) in [6, 6.07) is 5.84. The Morgan fingerprint density at radius 2 is 2.21 bits per heavy atom. The van der Waals surface area contributed by atoms with Crippen LogP contribution in [0.4, 0.5) is 9.18 Å². The predicted octanol–water partition coefficient (Wildman–Crippen LogP) is 4.95. The number of nitrogens with one attached hydrogen (secondary N) is 1. The van der Waals surface area contributed by atoms with E-state index < -0.39 is 6.17 Å². The molecule has 2 aromatic rings. The number of alkyl halides is 1. The van der Waals surface area contributed by atoms with Gasteiger partial charge < -0.3 is 9.72 Å². The molecular weight excluding hydrogens is 393 g/mol. The zero-order valence-corrected chi connectivity index (χ0v) is 17.8. The van der Waals surface area contributed by atoms with Crippen LogP contribution in [0.1, 0.15) is 44.0 Å². The largest absolute Gasteiger partial charge is 0.448 e. The lowest BCUT2D eigenvalue weighted by molar-refractivity contribution is 0.0700. The fourth-order valence-corrected chi connectivity index (χ4v) is 4.75. The first kappa shape index (κ1) is 20.5. The summed E-state index contributed by atoms with van der Waals surface area (Å²) in [5, 5.41) is 1.86. The van der Waals surface area contributed by atoms with Crippen molar-refractivity contribution in [2.45, 2.75) is 45.3 Å². The summed E-state index contributed by atoms with van der Waals surface area (Å²) in [4.78, 5) is 20.3. The number of nitrogens with zero attached hydrogens (tertiary/aromatic N) is 2. The zero-order chi connectivity index (χ0) is 20.5. The number of likely N-dealkylation sites (tertiary alicyclic amines) is 1. The van der Waals surface area contributed by atoms with Gasteiger partial charge in [-0.15, -0.1) is 0 Å². The molecule has 1 saturated heterocycles. The smallest absolute Gasteiger partial charge is 0.410 e. The molecule has 3 heterocycles. The third-order valence-electron chi connectivity index (χ3n) is 5.99. The molecule has 1 fully saturated rings. The Kier molecular flexibility index (Phi) is 6.02. The highest BCUT2D eigenvalue weighted by molar-refractivity contribution is 6.31. The van der Waals surface area contributed by atoms with Crippen molar-refractivity contribution in [1.82, 2.24) is 14.8 Å². The summed E-state index contributed by atoms with van der Waals surface area (Å²) in [7, 11) is 0. The van der Waals surface area contributed by atoms with Crippen LogP contribution in [0.2, 0.25) is 5.02 Å². The number of aromatic amines is 1.